The number of phenolic OH excluding ortho intramolecular Hbond substituents is 1. The number of benzene rings is 2. The lowest BCUT2D eigenvalue weighted by atomic mass is 10.1. The van der Waals surface area contributed by atoms with E-state index in [1.165, 1.54) is 12.1 Å². The van der Waals surface area contributed by atoms with Gasteiger partial charge in [0.15, 0.2) is 5.78 Å². The van der Waals surface area contributed by atoms with E-state index in [-0.39, 0.29) is 17.9 Å². The first-order valence-electron chi connectivity index (χ1n) is 6.68. The molecule has 0 aliphatic heterocycles. The summed E-state index contributed by atoms with van der Waals surface area (Å²) in [7, 11) is 0. The normalized spacial score (nSPS) is 11.5. The van der Waals surface area contributed by atoms with E-state index in [0.717, 1.165) is 11.6 Å². The molecule has 0 amide bonds. The van der Waals surface area contributed by atoms with Crippen LogP contribution in [-0.4, -0.2) is 17.3 Å². The zero-order valence-corrected chi connectivity index (χ0v) is 11.7. The van der Waals surface area contributed by atoms with Crippen molar-refractivity contribution >= 4 is 5.78 Å². The summed E-state index contributed by atoms with van der Waals surface area (Å²) in [4.78, 5) is 12.0. The quantitative estimate of drug-likeness (QED) is 0.634. The van der Waals surface area contributed by atoms with E-state index >= 15 is 0 Å². The third-order valence-corrected chi connectivity index (χ3v) is 3.03. The minimum atomic E-state index is -2.81. The van der Waals surface area contributed by atoms with Crippen molar-refractivity contribution in [3.63, 3.8) is 0 Å². The van der Waals surface area contributed by atoms with E-state index in [0.29, 0.717) is 0 Å². The van der Waals surface area contributed by atoms with Crippen molar-refractivity contribution in [3.8, 4) is 5.75 Å². The number of carbonyl (C=O) groups excluding carboxylic acids is 1. The number of rotatable bonds is 6. The highest BCUT2D eigenvalue weighted by Gasteiger charge is 2.15. The smallest absolute Gasteiger partial charge is 0.278 e. The van der Waals surface area contributed by atoms with Crippen molar-refractivity contribution in [2.45, 2.75) is 13.0 Å². The molecule has 114 valence electrons. The number of nitrogens with one attached hydrogen (secondary N) is 1. The number of phenols is 1. The zero-order valence-electron chi connectivity index (χ0n) is 11.7. The SMILES string of the molecule is O=C(/C=C(\NCc1ccccc1)C(F)F)c1ccccc1O. The third-order valence-electron chi connectivity index (χ3n) is 3.03. The first-order chi connectivity index (χ1) is 10.6. The van der Waals surface area contributed by atoms with Gasteiger partial charge >= 0.3 is 0 Å². The molecule has 2 rings (SSSR count). The summed E-state index contributed by atoms with van der Waals surface area (Å²) in [5.41, 5.74) is 0.336. The van der Waals surface area contributed by atoms with Crippen LogP contribution >= 0.6 is 0 Å². The first-order valence-corrected chi connectivity index (χ1v) is 6.68. The summed E-state index contributed by atoms with van der Waals surface area (Å²) in [6.45, 7) is 0.186. The lowest BCUT2D eigenvalue weighted by Crippen LogP contribution is -2.20. The van der Waals surface area contributed by atoms with Gasteiger partial charge in [-0.05, 0) is 17.7 Å². The molecule has 0 aliphatic carbocycles. The molecule has 2 aromatic carbocycles. The fourth-order valence-corrected chi connectivity index (χ4v) is 1.89. The molecule has 0 atom stereocenters. The highest BCUT2D eigenvalue weighted by molar-refractivity contribution is 6.06. The van der Waals surface area contributed by atoms with Crippen molar-refractivity contribution in [3.05, 3.63) is 77.5 Å². The molecule has 0 spiro atoms. The van der Waals surface area contributed by atoms with Gasteiger partial charge in [0.25, 0.3) is 6.43 Å². The maximum Gasteiger partial charge on any atom is 0.278 e. The van der Waals surface area contributed by atoms with Crippen LogP contribution in [0.25, 0.3) is 0 Å². The van der Waals surface area contributed by atoms with Crippen LogP contribution in [0.15, 0.2) is 66.4 Å². The Morgan fingerprint density at radius 3 is 2.36 bits per heavy atom. The van der Waals surface area contributed by atoms with Crippen molar-refractivity contribution in [1.82, 2.24) is 5.32 Å². The van der Waals surface area contributed by atoms with Crippen molar-refractivity contribution in [2.24, 2.45) is 0 Å². The minimum absolute atomic E-state index is 0.0119. The number of carbonyl (C=O) groups is 1. The number of allylic oxidation sites excluding steroid dienone is 2. The molecule has 2 aromatic rings. The molecule has 0 aromatic heterocycles. The minimum Gasteiger partial charge on any atom is -0.507 e. The Morgan fingerprint density at radius 2 is 1.73 bits per heavy atom. The lowest BCUT2D eigenvalue weighted by Gasteiger charge is -2.10. The molecular formula is C17H15F2NO2. The van der Waals surface area contributed by atoms with Gasteiger partial charge in [-0.2, -0.15) is 0 Å². The van der Waals surface area contributed by atoms with Gasteiger partial charge in [-0.3, -0.25) is 4.79 Å². The maximum absolute atomic E-state index is 13.0. The van der Waals surface area contributed by atoms with Crippen LogP contribution in [0.2, 0.25) is 0 Å². The highest BCUT2D eigenvalue weighted by Crippen LogP contribution is 2.18. The number of para-hydroxylation sites is 1. The van der Waals surface area contributed by atoms with Crippen molar-refractivity contribution in [2.75, 3.05) is 0 Å². The summed E-state index contributed by atoms with van der Waals surface area (Å²) in [6, 6.07) is 14.8. The molecule has 0 saturated carbocycles. The molecule has 5 heteroatoms. The molecule has 22 heavy (non-hydrogen) atoms. The third kappa shape index (κ3) is 4.15. The van der Waals surface area contributed by atoms with Crippen LogP contribution in [0.3, 0.4) is 0 Å². The van der Waals surface area contributed by atoms with Crippen molar-refractivity contribution in [1.29, 1.82) is 0 Å². The number of alkyl halides is 2. The maximum atomic E-state index is 13.0. The van der Waals surface area contributed by atoms with Gasteiger partial charge in [0.05, 0.1) is 11.3 Å². The summed E-state index contributed by atoms with van der Waals surface area (Å²) >= 11 is 0. The zero-order chi connectivity index (χ0) is 15.9. The van der Waals surface area contributed by atoms with Gasteiger partial charge in [-0.1, -0.05) is 42.5 Å². The Morgan fingerprint density at radius 1 is 1.09 bits per heavy atom. The van der Waals surface area contributed by atoms with Crippen LogP contribution < -0.4 is 5.32 Å². The Hall–Kier alpha value is -2.69. The molecule has 0 unspecified atom stereocenters. The second-order valence-electron chi connectivity index (χ2n) is 4.62. The van der Waals surface area contributed by atoms with E-state index in [1.807, 2.05) is 6.07 Å². The number of hydrogen-bond donors (Lipinski definition) is 2. The highest BCUT2D eigenvalue weighted by atomic mass is 19.3. The van der Waals surface area contributed by atoms with E-state index in [1.54, 1.807) is 36.4 Å². The Kier molecular flexibility index (Phi) is 5.25. The second kappa shape index (κ2) is 7.36. The molecule has 0 bridgehead atoms. The predicted molar refractivity (Wildman–Crippen MR) is 79.8 cm³/mol. The molecule has 0 radical (unpaired) electrons. The largest absolute Gasteiger partial charge is 0.507 e. The number of halogens is 2. The Balaban J connectivity index is 2.13. The Labute approximate surface area is 126 Å². The molecule has 0 fully saturated rings. The molecule has 0 heterocycles. The lowest BCUT2D eigenvalue weighted by molar-refractivity contribution is 0.103. The fourth-order valence-electron chi connectivity index (χ4n) is 1.89. The summed E-state index contributed by atoms with van der Waals surface area (Å²) in [6.07, 6.45) is -1.98. The van der Waals surface area contributed by atoms with Crippen LogP contribution in [0.5, 0.6) is 5.75 Å². The van der Waals surface area contributed by atoms with Gasteiger partial charge in [-0.15, -0.1) is 0 Å². The standard InChI is InChI=1S/C17H15F2NO2/c18-17(19)14(20-11-12-6-2-1-3-7-12)10-16(22)13-8-4-5-9-15(13)21/h1-10,17,20-21H,11H2/b14-10-. The van der Waals surface area contributed by atoms with E-state index in [4.69, 9.17) is 0 Å². The summed E-state index contributed by atoms with van der Waals surface area (Å²) in [5.74, 6) is -0.908. The second-order valence-corrected chi connectivity index (χ2v) is 4.62. The van der Waals surface area contributed by atoms with Crippen molar-refractivity contribution < 1.29 is 18.7 Å². The number of ketones is 1. The fraction of sp³-hybridized carbons (Fsp3) is 0.118. The topological polar surface area (TPSA) is 49.3 Å². The summed E-state index contributed by atoms with van der Waals surface area (Å²) in [5, 5.41) is 12.1. The van der Waals surface area contributed by atoms with Gasteiger partial charge in [-0.25, -0.2) is 8.78 Å². The van der Waals surface area contributed by atoms with Crippen LogP contribution in [-0.2, 0) is 6.54 Å². The monoisotopic (exact) mass is 303 g/mol. The predicted octanol–water partition coefficient (Wildman–Crippen LogP) is 3.51. The molecule has 3 nitrogen and oxygen atoms in total. The van der Waals surface area contributed by atoms with Gasteiger partial charge in [0, 0.05) is 12.6 Å². The van der Waals surface area contributed by atoms with E-state index in [2.05, 4.69) is 5.32 Å². The van der Waals surface area contributed by atoms with Gasteiger partial charge in [0.2, 0.25) is 0 Å². The average Bonchev–Trinajstić information content (AvgIpc) is 2.52. The van der Waals surface area contributed by atoms with Gasteiger partial charge < -0.3 is 10.4 Å². The molecule has 2 N–H and O–H groups in total. The van der Waals surface area contributed by atoms with Crippen LogP contribution in [0, 0.1) is 0 Å². The molecular weight excluding hydrogens is 288 g/mol. The van der Waals surface area contributed by atoms with E-state index < -0.39 is 17.9 Å². The molecule has 0 saturated heterocycles. The Bertz CT molecular complexity index is 669. The number of aromatic hydroxyl groups is 1. The van der Waals surface area contributed by atoms with Crippen LogP contribution in [0.4, 0.5) is 8.78 Å². The van der Waals surface area contributed by atoms with Gasteiger partial charge in [0.1, 0.15) is 5.75 Å². The average molecular weight is 303 g/mol. The summed E-state index contributed by atoms with van der Waals surface area (Å²) < 4.78 is 26.1. The van der Waals surface area contributed by atoms with E-state index in [9.17, 15) is 18.7 Å². The number of hydrogen-bond acceptors (Lipinski definition) is 3. The molecule has 0 aliphatic rings. The first kappa shape index (κ1) is 15.7. The van der Waals surface area contributed by atoms with Crippen LogP contribution in [0.1, 0.15) is 15.9 Å².